The summed E-state index contributed by atoms with van der Waals surface area (Å²) in [7, 11) is 5.76. The van der Waals surface area contributed by atoms with Crippen molar-refractivity contribution in [1.29, 1.82) is 0 Å². The second kappa shape index (κ2) is 7.87. The average molecular weight is 393 g/mol. The molecule has 1 saturated heterocycles. The second-order valence-corrected chi connectivity index (χ2v) is 8.07. The van der Waals surface area contributed by atoms with E-state index in [1.165, 1.54) is 4.90 Å². The zero-order valence-electron chi connectivity index (χ0n) is 17.2. The third-order valence-electron chi connectivity index (χ3n) is 5.93. The van der Waals surface area contributed by atoms with E-state index in [2.05, 4.69) is 4.90 Å². The monoisotopic (exact) mass is 393 g/mol. The third-order valence-corrected chi connectivity index (χ3v) is 5.93. The Morgan fingerprint density at radius 1 is 0.966 bits per heavy atom. The molecule has 6 heteroatoms. The molecule has 1 fully saturated rings. The van der Waals surface area contributed by atoms with Crippen LogP contribution in [0.3, 0.4) is 0 Å². The van der Waals surface area contributed by atoms with Gasteiger partial charge in [0.05, 0.1) is 12.6 Å². The minimum atomic E-state index is -0.163. The van der Waals surface area contributed by atoms with Crippen LogP contribution in [-0.2, 0) is 4.79 Å². The highest BCUT2D eigenvalue weighted by Gasteiger charge is 2.37. The van der Waals surface area contributed by atoms with E-state index < -0.39 is 0 Å². The Morgan fingerprint density at radius 2 is 1.62 bits per heavy atom. The van der Waals surface area contributed by atoms with Gasteiger partial charge in [0, 0.05) is 30.8 Å². The van der Waals surface area contributed by atoms with Crippen molar-refractivity contribution >= 4 is 11.8 Å². The highest BCUT2D eigenvalue weighted by Crippen LogP contribution is 2.34. The summed E-state index contributed by atoms with van der Waals surface area (Å²) in [5.41, 5.74) is 2.29. The molecule has 2 aromatic rings. The van der Waals surface area contributed by atoms with Crippen molar-refractivity contribution in [2.45, 2.75) is 18.5 Å². The fourth-order valence-corrected chi connectivity index (χ4v) is 4.21. The molecule has 0 N–H and O–H groups in total. The normalized spacial score (nSPS) is 22.3. The minimum absolute atomic E-state index is 0.0128. The Kier molecular flexibility index (Phi) is 5.28. The number of rotatable bonds is 1. The van der Waals surface area contributed by atoms with Crippen LogP contribution in [0.4, 0.5) is 0 Å². The van der Waals surface area contributed by atoms with Gasteiger partial charge in [0.15, 0.2) is 0 Å². The molecule has 0 spiro atoms. The summed E-state index contributed by atoms with van der Waals surface area (Å²) in [6.07, 6.45) is 0.856. The number of carbonyl (C=O) groups is 2. The predicted molar refractivity (Wildman–Crippen MR) is 112 cm³/mol. The summed E-state index contributed by atoms with van der Waals surface area (Å²) in [6, 6.07) is 15.6. The quantitative estimate of drug-likeness (QED) is 0.746. The molecule has 2 aromatic carbocycles. The van der Waals surface area contributed by atoms with Gasteiger partial charge in [0.2, 0.25) is 5.91 Å². The largest absolute Gasteiger partial charge is 0.491 e. The van der Waals surface area contributed by atoms with E-state index in [1.807, 2.05) is 67.5 Å². The Labute approximate surface area is 171 Å². The van der Waals surface area contributed by atoms with E-state index in [1.54, 1.807) is 7.05 Å². The Balaban J connectivity index is 1.77. The smallest absolute Gasteiger partial charge is 0.254 e. The molecule has 29 heavy (non-hydrogen) atoms. The van der Waals surface area contributed by atoms with Crippen LogP contribution in [0.5, 0.6) is 5.75 Å². The molecule has 2 aliphatic rings. The molecular weight excluding hydrogens is 366 g/mol. The first-order valence-corrected chi connectivity index (χ1v) is 9.98. The maximum Gasteiger partial charge on any atom is 0.254 e. The standard InChI is InChI=1S/C23H27N3O3/c1-24(2)16-12-17-15-29-21-11-7-6-9-19(21)18-8-4-5-10-20(18)23(28)25(3)14-22(27)26(17)13-16/h4-11,16-17H,12-15H2,1-3H3/t16-,17+/m1/s1. The number of fused-ring (bicyclic) bond motifs is 4. The molecule has 0 bridgehead atoms. The van der Waals surface area contributed by atoms with Crippen LogP contribution in [0.15, 0.2) is 48.5 Å². The number of hydrogen-bond acceptors (Lipinski definition) is 4. The maximum absolute atomic E-state index is 13.2. The van der Waals surface area contributed by atoms with Gasteiger partial charge < -0.3 is 19.4 Å². The van der Waals surface area contributed by atoms with E-state index in [9.17, 15) is 9.59 Å². The van der Waals surface area contributed by atoms with Crippen LogP contribution in [0.2, 0.25) is 0 Å². The highest BCUT2D eigenvalue weighted by molar-refractivity contribution is 6.02. The lowest BCUT2D eigenvalue weighted by molar-refractivity contribution is -0.133. The van der Waals surface area contributed by atoms with Crippen molar-refractivity contribution in [3.05, 3.63) is 54.1 Å². The summed E-state index contributed by atoms with van der Waals surface area (Å²) in [4.78, 5) is 31.8. The second-order valence-electron chi connectivity index (χ2n) is 8.07. The number of para-hydroxylation sites is 1. The summed E-state index contributed by atoms with van der Waals surface area (Å²) in [6.45, 7) is 1.15. The molecule has 2 heterocycles. The molecule has 152 valence electrons. The van der Waals surface area contributed by atoms with Gasteiger partial charge >= 0.3 is 0 Å². The van der Waals surface area contributed by atoms with Crippen molar-refractivity contribution in [3.8, 4) is 16.9 Å². The summed E-state index contributed by atoms with van der Waals surface area (Å²) in [5, 5.41) is 0. The van der Waals surface area contributed by atoms with Gasteiger partial charge in [-0.3, -0.25) is 9.59 Å². The van der Waals surface area contributed by atoms with Crippen molar-refractivity contribution in [1.82, 2.24) is 14.7 Å². The molecule has 0 radical (unpaired) electrons. The number of hydrogen-bond donors (Lipinski definition) is 0. The van der Waals surface area contributed by atoms with Crippen molar-refractivity contribution in [2.24, 2.45) is 0 Å². The molecule has 0 unspecified atom stereocenters. The van der Waals surface area contributed by atoms with Crippen LogP contribution in [0.25, 0.3) is 11.1 Å². The first kappa shape index (κ1) is 19.5. The lowest BCUT2D eigenvalue weighted by Gasteiger charge is -2.29. The zero-order chi connectivity index (χ0) is 20.5. The van der Waals surface area contributed by atoms with E-state index >= 15 is 0 Å². The number of likely N-dealkylation sites (N-methyl/N-ethyl adjacent to an activating group) is 2. The van der Waals surface area contributed by atoms with Crippen molar-refractivity contribution in [3.63, 3.8) is 0 Å². The summed E-state index contributed by atoms with van der Waals surface area (Å²) < 4.78 is 6.23. The number of ether oxygens (including phenoxy) is 1. The molecule has 6 nitrogen and oxygen atoms in total. The van der Waals surface area contributed by atoms with Crippen LogP contribution in [0, 0.1) is 0 Å². The van der Waals surface area contributed by atoms with E-state index in [0.29, 0.717) is 18.7 Å². The van der Waals surface area contributed by atoms with Crippen LogP contribution < -0.4 is 4.74 Å². The number of nitrogens with zero attached hydrogens (tertiary/aromatic N) is 3. The lowest BCUT2D eigenvalue weighted by Crippen LogP contribution is -2.46. The van der Waals surface area contributed by atoms with Crippen molar-refractivity contribution in [2.75, 3.05) is 40.8 Å². The van der Waals surface area contributed by atoms with Gasteiger partial charge in [-0.15, -0.1) is 0 Å². The molecule has 0 saturated carbocycles. The van der Waals surface area contributed by atoms with E-state index in [4.69, 9.17) is 4.74 Å². The number of amides is 2. The molecule has 0 aromatic heterocycles. The third kappa shape index (κ3) is 3.72. The minimum Gasteiger partial charge on any atom is -0.491 e. The van der Waals surface area contributed by atoms with Gasteiger partial charge in [-0.05, 0) is 38.2 Å². The highest BCUT2D eigenvalue weighted by atomic mass is 16.5. The van der Waals surface area contributed by atoms with E-state index in [0.717, 1.165) is 23.3 Å². The SMILES string of the molecule is CN1CC(=O)N2C[C@H](N(C)C)C[C@H]2COc2ccccc2-c2ccccc2C1=O. The number of carbonyl (C=O) groups excluding carboxylic acids is 2. The molecule has 2 aliphatic heterocycles. The Bertz CT molecular complexity index is 927. The van der Waals surface area contributed by atoms with Gasteiger partial charge in [0.25, 0.3) is 5.91 Å². The van der Waals surface area contributed by atoms with Gasteiger partial charge in [-0.1, -0.05) is 36.4 Å². The van der Waals surface area contributed by atoms with Gasteiger partial charge in [-0.2, -0.15) is 0 Å². The predicted octanol–water partition coefficient (Wildman–Crippen LogP) is 2.35. The maximum atomic E-state index is 13.2. The van der Waals surface area contributed by atoms with Crippen LogP contribution in [0.1, 0.15) is 16.8 Å². The summed E-state index contributed by atoms with van der Waals surface area (Å²) in [5.74, 6) is 0.533. The average Bonchev–Trinajstić information content (AvgIpc) is 3.16. The Hall–Kier alpha value is -2.86. The molecule has 2 atom stereocenters. The zero-order valence-corrected chi connectivity index (χ0v) is 17.2. The first-order chi connectivity index (χ1) is 14.0. The number of benzene rings is 2. The molecular formula is C23H27N3O3. The van der Waals surface area contributed by atoms with Crippen LogP contribution in [-0.4, -0.2) is 79.4 Å². The lowest BCUT2D eigenvalue weighted by atomic mass is 9.98. The van der Waals surface area contributed by atoms with E-state index in [-0.39, 0.29) is 30.4 Å². The Morgan fingerprint density at radius 3 is 2.34 bits per heavy atom. The first-order valence-electron chi connectivity index (χ1n) is 9.98. The van der Waals surface area contributed by atoms with Crippen molar-refractivity contribution < 1.29 is 14.3 Å². The molecule has 4 rings (SSSR count). The fourth-order valence-electron chi connectivity index (χ4n) is 4.21. The van der Waals surface area contributed by atoms with Gasteiger partial charge in [0.1, 0.15) is 12.4 Å². The topological polar surface area (TPSA) is 53.1 Å². The van der Waals surface area contributed by atoms with Gasteiger partial charge in [-0.25, -0.2) is 0 Å². The fraction of sp³-hybridized carbons (Fsp3) is 0.391. The molecule has 2 amide bonds. The summed E-state index contributed by atoms with van der Waals surface area (Å²) >= 11 is 0. The van der Waals surface area contributed by atoms with Crippen LogP contribution >= 0.6 is 0 Å². The molecule has 0 aliphatic carbocycles.